The molecule has 1 aliphatic heterocycles. The summed E-state index contributed by atoms with van der Waals surface area (Å²) in [5, 5.41) is 12.1. The van der Waals surface area contributed by atoms with Gasteiger partial charge in [-0.1, -0.05) is 22.9 Å². The fourth-order valence-electron chi connectivity index (χ4n) is 3.22. The lowest BCUT2D eigenvalue weighted by Crippen LogP contribution is -2.48. The number of hydrogen-bond acceptors (Lipinski definition) is 6. The standard InChI is InChI=1S/C20H21ClFN3OS2/c21-14-1-6-18-19(11-14)28-20(23-18)25-9-7-24(8-10-25)12-16(26)13-27-17-4-2-15(22)3-5-17/h1-6,11,16,26H,7-10,12-13H2/t16-/m1/s1. The van der Waals surface area contributed by atoms with Gasteiger partial charge in [0.05, 0.1) is 16.3 Å². The second-order valence-corrected chi connectivity index (χ2v) is 9.35. The molecule has 1 aromatic heterocycles. The number of piperazine rings is 1. The van der Waals surface area contributed by atoms with E-state index in [-0.39, 0.29) is 5.82 Å². The summed E-state index contributed by atoms with van der Waals surface area (Å²) in [6.07, 6.45) is -0.411. The van der Waals surface area contributed by atoms with E-state index in [9.17, 15) is 9.50 Å². The van der Waals surface area contributed by atoms with Crippen molar-refractivity contribution in [1.29, 1.82) is 0 Å². The van der Waals surface area contributed by atoms with Gasteiger partial charge in [-0.15, -0.1) is 11.8 Å². The summed E-state index contributed by atoms with van der Waals surface area (Å²) >= 11 is 9.30. The van der Waals surface area contributed by atoms with Crippen molar-refractivity contribution >= 4 is 50.0 Å². The third-order valence-corrected chi connectivity index (χ3v) is 7.18. The smallest absolute Gasteiger partial charge is 0.186 e. The fraction of sp³-hybridized carbons (Fsp3) is 0.350. The lowest BCUT2D eigenvalue weighted by Gasteiger charge is -2.35. The highest BCUT2D eigenvalue weighted by Crippen LogP contribution is 2.31. The third-order valence-electron chi connectivity index (χ3n) is 4.71. The molecule has 2 aromatic carbocycles. The van der Waals surface area contributed by atoms with Gasteiger partial charge in [0, 0.05) is 48.4 Å². The molecule has 1 fully saturated rings. The van der Waals surface area contributed by atoms with Gasteiger partial charge < -0.3 is 10.0 Å². The van der Waals surface area contributed by atoms with Crippen LogP contribution in [0.1, 0.15) is 0 Å². The van der Waals surface area contributed by atoms with Crippen LogP contribution >= 0.6 is 34.7 Å². The number of aromatic nitrogens is 1. The van der Waals surface area contributed by atoms with Gasteiger partial charge in [-0.05, 0) is 42.5 Å². The van der Waals surface area contributed by atoms with Crippen LogP contribution in [0.25, 0.3) is 10.2 Å². The second kappa shape index (κ2) is 8.97. The Hall–Kier alpha value is -1.38. The molecule has 4 rings (SSSR count). The molecule has 1 atom stereocenters. The van der Waals surface area contributed by atoms with Crippen LogP contribution in [-0.2, 0) is 0 Å². The molecule has 0 aliphatic carbocycles. The number of halogens is 2. The maximum atomic E-state index is 12.9. The molecule has 0 unspecified atom stereocenters. The highest BCUT2D eigenvalue weighted by atomic mass is 35.5. The van der Waals surface area contributed by atoms with Crippen LogP contribution in [0.4, 0.5) is 9.52 Å². The monoisotopic (exact) mass is 437 g/mol. The summed E-state index contributed by atoms with van der Waals surface area (Å²) in [4.78, 5) is 10.3. The van der Waals surface area contributed by atoms with Crippen LogP contribution in [0, 0.1) is 5.82 Å². The van der Waals surface area contributed by atoms with Gasteiger partial charge in [-0.2, -0.15) is 0 Å². The summed E-state index contributed by atoms with van der Waals surface area (Å²) in [5.41, 5.74) is 0.986. The number of hydrogen-bond donors (Lipinski definition) is 1. The molecule has 148 valence electrons. The first kappa shape index (κ1) is 19.9. The second-order valence-electron chi connectivity index (χ2n) is 6.81. The molecule has 1 aliphatic rings. The van der Waals surface area contributed by atoms with E-state index in [2.05, 4.69) is 9.80 Å². The zero-order valence-electron chi connectivity index (χ0n) is 15.2. The average molecular weight is 438 g/mol. The minimum atomic E-state index is -0.411. The minimum absolute atomic E-state index is 0.237. The molecular weight excluding hydrogens is 417 g/mol. The summed E-state index contributed by atoms with van der Waals surface area (Å²) in [6.45, 7) is 4.23. The number of fused-ring (bicyclic) bond motifs is 1. The molecule has 2 heterocycles. The number of benzene rings is 2. The van der Waals surface area contributed by atoms with E-state index >= 15 is 0 Å². The van der Waals surface area contributed by atoms with Gasteiger partial charge in [0.15, 0.2) is 5.13 Å². The van der Waals surface area contributed by atoms with E-state index in [0.717, 1.165) is 51.4 Å². The topological polar surface area (TPSA) is 39.6 Å². The largest absolute Gasteiger partial charge is 0.391 e. The predicted octanol–water partition coefficient (Wildman–Crippen LogP) is 4.36. The van der Waals surface area contributed by atoms with Gasteiger partial charge in [0.2, 0.25) is 0 Å². The van der Waals surface area contributed by atoms with Crippen molar-refractivity contribution in [2.45, 2.75) is 11.0 Å². The minimum Gasteiger partial charge on any atom is -0.391 e. The Morgan fingerprint density at radius 1 is 1.14 bits per heavy atom. The number of thioether (sulfide) groups is 1. The van der Waals surface area contributed by atoms with Crippen LogP contribution in [0.2, 0.25) is 5.02 Å². The Kier molecular flexibility index (Phi) is 6.38. The van der Waals surface area contributed by atoms with E-state index in [1.807, 2.05) is 18.2 Å². The van der Waals surface area contributed by atoms with Crippen LogP contribution in [-0.4, -0.2) is 59.6 Å². The van der Waals surface area contributed by atoms with Gasteiger partial charge in [0.25, 0.3) is 0 Å². The molecule has 1 N–H and O–H groups in total. The van der Waals surface area contributed by atoms with Crippen LogP contribution < -0.4 is 4.90 Å². The van der Waals surface area contributed by atoms with Crippen molar-refractivity contribution < 1.29 is 9.50 Å². The predicted molar refractivity (Wildman–Crippen MR) is 116 cm³/mol. The average Bonchev–Trinajstić information content (AvgIpc) is 3.11. The van der Waals surface area contributed by atoms with Crippen LogP contribution in [0.15, 0.2) is 47.4 Å². The van der Waals surface area contributed by atoms with Crippen molar-refractivity contribution in [2.24, 2.45) is 0 Å². The van der Waals surface area contributed by atoms with Crippen molar-refractivity contribution in [3.63, 3.8) is 0 Å². The van der Waals surface area contributed by atoms with Crippen molar-refractivity contribution in [3.05, 3.63) is 53.3 Å². The molecule has 8 heteroatoms. The highest BCUT2D eigenvalue weighted by Gasteiger charge is 2.21. The zero-order valence-corrected chi connectivity index (χ0v) is 17.6. The summed E-state index contributed by atoms with van der Waals surface area (Å²) in [5.74, 6) is 0.365. The van der Waals surface area contributed by atoms with Gasteiger partial charge in [-0.3, -0.25) is 4.90 Å². The first-order valence-corrected chi connectivity index (χ1v) is 11.3. The van der Waals surface area contributed by atoms with E-state index in [1.54, 1.807) is 35.2 Å². The van der Waals surface area contributed by atoms with Crippen molar-refractivity contribution in [2.75, 3.05) is 43.4 Å². The molecule has 0 radical (unpaired) electrons. The SMILES string of the molecule is O[C@@H](CSc1ccc(F)cc1)CN1CCN(c2nc3ccc(Cl)cc3s2)CC1. The normalized spacial score (nSPS) is 16.6. The Labute approximate surface area is 176 Å². The number of rotatable bonds is 6. The lowest BCUT2D eigenvalue weighted by atomic mass is 10.3. The van der Waals surface area contributed by atoms with Gasteiger partial charge in [-0.25, -0.2) is 9.37 Å². The molecule has 0 amide bonds. The van der Waals surface area contributed by atoms with Crippen molar-refractivity contribution in [3.8, 4) is 0 Å². The van der Waals surface area contributed by atoms with Crippen molar-refractivity contribution in [1.82, 2.24) is 9.88 Å². The third kappa shape index (κ3) is 4.96. The highest BCUT2D eigenvalue weighted by molar-refractivity contribution is 7.99. The fourth-order valence-corrected chi connectivity index (χ4v) is 5.33. The first-order valence-electron chi connectivity index (χ1n) is 9.17. The Morgan fingerprint density at radius 2 is 1.89 bits per heavy atom. The zero-order chi connectivity index (χ0) is 19.5. The quantitative estimate of drug-likeness (QED) is 0.580. The number of aliphatic hydroxyl groups excluding tert-OH is 1. The number of β-amino-alcohol motifs (C(OH)–C–C–N with tert-alkyl or cyclic N) is 1. The maximum absolute atomic E-state index is 12.9. The van der Waals surface area contributed by atoms with E-state index in [1.165, 1.54) is 12.1 Å². The van der Waals surface area contributed by atoms with E-state index in [4.69, 9.17) is 16.6 Å². The number of aliphatic hydroxyl groups is 1. The first-order chi connectivity index (χ1) is 13.6. The number of nitrogens with zero attached hydrogens (tertiary/aromatic N) is 3. The molecule has 4 nitrogen and oxygen atoms in total. The van der Waals surface area contributed by atoms with Crippen LogP contribution in [0.5, 0.6) is 0 Å². The van der Waals surface area contributed by atoms with Gasteiger partial charge >= 0.3 is 0 Å². The summed E-state index contributed by atoms with van der Waals surface area (Å²) in [6, 6.07) is 12.2. The molecular formula is C20H21ClFN3OS2. The number of thiazole rings is 1. The van der Waals surface area contributed by atoms with Gasteiger partial charge in [0.1, 0.15) is 5.82 Å². The summed E-state index contributed by atoms with van der Waals surface area (Å²) in [7, 11) is 0. The molecule has 3 aromatic rings. The van der Waals surface area contributed by atoms with E-state index < -0.39 is 6.10 Å². The molecule has 0 saturated carbocycles. The Bertz CT molecular complexity index is 929. The maximum Gasteiger partial charge on any atom is 0.186 e. The molecule has 28 heavy (non-hydrogen) atoms. The summed E-state index contributed by atoms with van der Waals surface area (Å²) < 4.78 is 14.1. The molecule has 0 bridgehead atoms. The number of anilines is 1. The molecule has 1 saturated heterocycles. The van der Waals surface area contributed by atoms with E-state index in [0.29, 0.717) is 12.3 Å². The van der Waals surface area contributed by atoms with Crippen LogP contribution in [0.3, 0.4) is 0 Å². The Balaban J connectivity index is 1.25. The molecule has 0 spiro atoms. The Morgan fingerprint density at radius 3 is 2.64 bits per heavy atom. The lowest BCUT2D eigenvalue weighted by molar-refractivity contribution is 0.126.